The number of anilines is 1. The van der Waals surface area contributed by atoms with Gasteiger partial charge in [-0.05, 0) is 68.6 Å². The Morgan fingerprint density at radius 2 is 2.00 bits per heavy atom. The molecule has 1 saturated heterocycles. The smallest absolute Gasteiger partial charge is 0.238 e. The van der Waals surface area contributed by atoms with Crippen LogP contribution in [0.5, 0.6) is 17.2 Å². The molecule has 7 heteroatoms. The lowest BCUT2D eigenvalue weighted by Crippen LogP contribution is -2.53. The predicted octanol–water partition coefficient (Wildman–Crippen LogP) is 2.88. The third-order valence-electron chi connectivity index (χ3n) is 5.64. The lowest BCUT2D eigenvalue weighted by atomic mass is 9.93. The number of hydrogen-bond donors (Lipinski definition) is 2. The minimum absolute atomic E-state index is 0.131. The summed E-state index contributed by atoms with van der Waals surface area (Å²) in [6, 6.07) is 11.2. The quantitative estimate of drug-likeness (QED) is 0.760. The molecule has 2 aromatic carbocycles. The highest BCUT2D eigenvalue weighted by Crippen LogP contribution is 2.34. The Kier molecular flexibility index (Phi) is 5.83. The molecule has 0 aromatic heterocycles. The second-order valence-electron chi connectivity index (χ2n) is 8.19. The van der Waals surface area contributed by atoms with Crippen molar-refractivity contribution in [1.82, 2.24) is 4.90 Å². The highest BCUT2D eigenvalue weighted by Gasteiger charge is 2.34. The van der Waals surface area contributed by atoms with E-state index in [4.69, 9.17) is 14.2 Å². The van der Waals surface area contributed by atoms with Crippen molar-refractivity contribution in [3.8, 4) is 17.2 Å². The number of carbonyl (C=O) groups excluding carboxylic acids is 1. The lowest BCUT2D eigenvalue weighted by molar-refractivity contribution is -0.119. The molecule has 1 fully saturated rings. The summed E-state index contributed by atoms with van der Waals surface area (Å²) in [5, 5.41) is 13.9. The number of carbonyl (C=O) groups is 1. The summed E-state index contributed by atoms with van der Waals surface area (Å²) in [7, 11) is 0. The van der Waals surface area contributed by atoms with E-state index in [1.807, 2.05) is 30.0 Å². The summed E-state index contributed by atoms with van der Waals surface area (Å²) in [5.74, 6) is 1.93. The fraction of sp³-hybridized carbons (Fsp3) is 0.435. The Morgan fingerprint density at radius 1 is 1.17 bits per heavy atom. The highest BCUT2D eigenvalue weighted by atomic mass is 16.7. The van der Waals surface area contributed by atoms with Gasteiger partial charge in [-0.1, -0.05) is 6.07 Å². The molecule has 0 bridgehead atoms. The average Bonchev–Trinajstić information content (AvgIpc) is 3.17. The largest absolute Gasteiger partial charge is 0.491 e. The van der Waals surface area contributed by atoms with Crippen molar-refractivity contribution in [3.05, 3.63) is 47.5 Å². The number of aliphatic hydroxyl groups is 1. The fourth-order valence-electron chi connectivity index (χ4n) is 3.86. The van der Waals surface area contributed by atoms with Gasteiger partial charge in [0.25, 0.3) is 0 Å². The maximum absolute atomic E-state index is 12.5. The van der Waals surface area contributed by atoms with Crippen LogP contribution in [0.2, 0.25) is 0 Å². The van der Waals surface area contributed by atoms with Crippen LogP contribution < -0.4 is 19.5 Å². The molecule has 2 N–H and O–H groups in total. The Hall–Kier alpha value is -2.77. The molecular weight excluding hydrogens is 384 g/mol. The fourth-order valence-corrected chi connectivity index (χ4v) is 3.86. The number of piperidine rings is 1. The van der Waals surface area contributed by atoms with Crippen LogP contribution >= 0.6 is 0 Å². The van der Waals surface area contributed by atoms with Crippen LogP contribution in [-0.2, 0) is 4.79 Å². The molecule has 0 saturated carbocycles. The number of rotatable bonds is 6. The van der Waals surface area contributed by atoms with E-state index >= 15 is 0 Å². The first-order chi connectivity index (χ1) is 14.4. The zero-order valence-corrected chi connectivity index (χ0v) is 17.4. The van der Waals surface area contributed by atoms with E-state index in [0.29, 0.717) is 30.2 Å². The van der Waals surface area contributed by atoms with Crippen LogP contribution in [0.25, 0.3) is 0 Å². The van der Waals surface area contributed by atoms with E-state index in [-0.39, 0.29) is 25.9 Å². The first kappa shape index (κ1) is 20.5. The number of amides is 1. The Balaban J connectivity index is 1.30. The minimum atomic E-state index is -0.976. The molecule has 2 heterocycles. The molecule has 160 valence electrons. The van der Waals surface area contributed by atoms with Crippen molar-refractivity contribution in [3.63, 3.8) is 0 Å². The van der Waals surface area contributed by atoms with Crippen LogP contribution in [0.15, 0.2) is 36.4 Å². The molecule has 2 aromatic rings. The molecule has 0 aliphatic carbocycles. The summed E-state index contributed by atoms with van der Waals surface area (Å²) < 4.78 is 16.5. The summed E-state index contributed by atoms with van der Waals surface area (Å²) in [6.45, 7) is 5.87. The van der Waals surface area contributed by atoms with E-state index in [2.05, 4.69) is 12.2 Å². The van der Waals surface area contributed by atoms with Crippen molar-refractivity contribution in [2.45, 2.75) is 32.3 Å². The van der Waals surface area contributed by atoms with Crippen LogP contribution in [0.1, 0.15) is 24.0 Å². The van der Waals surface area contributed by atoms with E-state index in [1.165, 1.54) is 5.56 Å². The predicted molar refractivity (Wildman–Crippen MR) is 113 cm³/mol. The highest BCUT2D eigenvalue weighted by molar-refractivity contribution is 5.92. The second kappa shape index (κ2) is 8.53. The Bertz CT molecular complexity index is 932. The van der Waals surface area contributed by atoms with E-state index < -0.39 is 5.60 Å². The molecule has 1 unspecified atom stereocenters. The number of β-amino-alcohol motifs (C(OH)–C–C–N with tert-alkyl or cyclic N) is 1. The van der Waals surface area contributed by atoms with Gasteiger partial charge in [-0.2, -0.15) is 0 Å². The Labute approximate surface area is 176 Å². The number of benzene rings is 2. The molecule has 7 nitrogen and oxygen atoms in total. The lowest BCUT2D eigenvalue weighted by Gasteiger charge is -2.38. The minimum Gasteiger partial charge on any atom is -0.491 e. The maximum atomic E-state index is 12.5. The van der Waals surface area contributed by atoms with Gasteiger partial charge >= 0.3 is 0 Å². The van der Waals surface area contributed by atoms with Gasteiger partial charge in [0.1, 0.15) is 18.0 Å². The molecule has 0 radical (unpaired) electrons. The van der Waals surface area contributed by atoms with Crippen LogP contribution in [0.3, 0.4) is 0 Å². The van der Waals surface area contributed by atoms with Gasteiger partial charge in [-0.15, -0.1) is 0 Å². The average molecular weight is 412 g/mol. The maximum Gasteiger partial charge on any atom is 0.238 e. The van der Waals surface area contributed by atoms with Gasteiger partial charge in [0, 0.05) is 18.3 Å². The van der Waals surface area contributed by atoms with E-state index in [9.17, 15) is 9.90 Å². The molecular formula is C23H28N2O5. The summed E-state index contributed by atoms with van der Waals surface area (Å²) in [4.78, 5) is 14.5. The summed E-state index contributed by atoms with van der Waals surface area (Å²) in [6.07, 6.45) is 1.46. The molecule has 30 heavy (non-hydrogen) atoms. The zero-order valence-electron chi connectivity index (χ0n) is 17.4. The van der Waals surface area contributed by atoms with Gasteiger partial charge in [0.15, 0.2) is 11.5 Å². The van der Waals surface area contributed by atoms with Crippen molar-refractivity contribution >= 4 is 11.6 Å². The molecule has 2 aliphatic heterocycles. The van der Waals surface area contributed by atoms with Gasteiger partial charge in [-0.3, -0.25) is 9.69 Å². The second-order valence-corrected chi connectivity index (χ2v) is 8.19. The van der Waals surface area contributed by atoms with Crippen molar-refractivity contribution in [1.29, 1.82) is 0 Å². The first-order valence-electron chi connectivity index (χ1n) is 10.2. The SMILES string of the molecule is Cc1ccc(OCC2(O)CCCN(CC(=O)Nc3ccc4c(c3)OCO4)C2)cc1C. The summed E-state index contributed by atoms with van der Waals surface area (Å²) >= 11 is 0. The molecule has 2 aliphatic rings. The third-order valence-corrected chi connectivity index (χ3v) is 5.64. The number of hydrogen-bond acceptors (Lipinski definition) is 6. The number of likely N-dealkylation sites (tertiary alicyclic amines) is 1. The standard InChI is InChI=1S/C23H28N2O5/c1-16-4-6-19(10-17(16)2)28-14-23(27)8-3-9-25(13-23)12-22(26)24-18-5-7-20-21(11-18)30-15-29-20/h4-7,10-11,27H,3,8-9,12-15H2,1-2H3,(H,24,26). The van der Waals surface area contributed by atoms with Crippen molar-refractivity contribution in [2.24, 2.45) is 0 Å². The van der Waals surface area contributed by atoms with Crippen LogP contribution in [0.4, 0.5) is 5.69 Å². The topological polar surface area (TPSA) is 80.3 Å². The normalized spacial score (nSPS) is 20.8. The van der Waals surface area contributed by atoms with Crippen molar-refractivity contribution in [2.75, 3.05) is 38.4 Å². The van der Waals surface area contributed by atoms with Crippen LogP contribution in [-0.4, -0.2) is 54.5 Å². The number of aryl methyl sites for hydroxylation is 2. The number of fused-ring (bicyclic) bond motifs is 1. The summed E-state index contributed by atoms with van der Waals surface area (Å²) in [5.41, 5.74) is 2.05. The van der Waals surface area contributed by atoms with E-state index in [0.717, 1.165) is 24.3 Å². The Morgan fingerprint density at radius 3 is 2.83 bits per heavy atom. The number of nitrogens with one attached hydrogen (secondary N) is 1. The van der Waals surface area contributed by atoms with Gasteiger partial charge < -0.3 is 24.6 Å². The molecule has 0 spiro atoms. The first-order valence-corrected chi connectivity index (χ1v) is 10.2. The third kappa shape index (κ3) is 4.86. The van der Waals surface area contributed by atoms with Crippen molar-refractivity contribution < 1.29 is 24.1 Å². The van der Waals surface area contributed by atoms with Gasteiger partial charge in [0.05, 0.1) is 6.54 Å². The van der Waals surface area contributed by atoms with E-state index in [1.54, 1.807) is 18.2 Å². The monoisotopic (exact) mass is 412 g/mol. The molecule has 1 amide bonds. The number of nitrogens with zero attached hydrogens (tertiary/aromatic N) is 1. The van der Waals surface area contributed by atoms with Gasteiger partial charge in [-0.25, -0.2) is 0 Å². The molecule has 1 atom stereocenters. The van der Waals surface area contributed by atoms with Gasteiger partial charge in [0.2, 0.25) is 12.7 Å². The van der Waals surface area contributed by atoms with Crippen LogP contribution in [0, 0.1) is 13.8 Å². The molecule has 4 rings (SSSR count). The zero-order chi connectivity index (χ0) is 21.1. The number of ether oxygens (including phenoxy) is 3.